The van der Waals surface area contributed by atoms with Crippen molar-refractivity contribution in [2.45, 2.75) is 6.42 Å². The van der Waals surface area contributed by atoms with Gasteiger partial charge in [-0.25, -0.2) is 4.98 Å². The van der Waals surface area contributed by atoms with Gasteiger partial charge in [0.05, 0.1) is 19.7 Å². The van der Waals surface area contributed by atoms with Crippen LogP contribution in [0.15, 0.2) is 47.3 Å². The van der Waals surface area contributed by atoms with E-state index in [1.54, 1.807) is 18.6 Å². The van der Waals surface area contributed by atoms with E-state index in [2.05, 4.69) is 30.2 Å². The van der Waals surface area contributed by atoms with Gasteiger partial charge in [-0.05, 0) is 17.7 Å². The average molecular weight is 311 g/mol. The highest BCUT2D eigenvalue weighted by atomic mass is 16.5. The van der Waals surface area contributed by atoms with Gasteiger partial charge in [-0.2, -0.15) is 0 Å². The third kappa shape index (κ3) is 3.67. The average Bonchev–Trinajstić information content (AvgIpc) is 3.06. The molecule has 1 aromatic carbocycles. The van der Waals surface area contributed by atoms with Crippen molar-refractivity contribution in [1.82, 2.24) is 20.2 Å². The number of nitrogens with one attached hydrogen (secondary N) is 1. The fourth-order valence-corrected chi connectivity index (χ4v) is 1.86. The van der Waals surface area contributed by atoms with E-state index in [9.17, 15) is 4.79 Å². The van der Waals surface area contributed by atoms with Crippen molar-refractivity contribution in [1.29, 1.82) is 0 Å². The molecule has 0 aliphatic carbocycles. The minimum Gasteiger partial charge on any atom is -0.469 e. The lowest BCUT2D eigenvalue weighted by Gasteiger charge is -2.03. The van der Waals surface area contributed by atoms with Crippen molar-refractivity contribution in [3.63, 3.8) is 0 Å². The second-order valence-electron chi connectivity index (χ2n) is 4.58. The van der Waals surface area contributed by atoms with E-state index in [1.165, 1.54) is 7.11 Å². The second-order valence-corrected chi connectivity index (χ2v) is 4.58. The molecule has 8 heteroatoms. The Bertz CT molecular complexity index is 786. The van der Waals surface area contributed by atoms with E-state index < -0.39 is 0 Å². The van der Waals surface area contributed by atoms with Crippen LogP contribution in [0.1, 0.15) is 5.56 Å². The molecule has 0 aliphatic rings. The largest absolute Gasteiger partial charge is 0.469 e. The van der Waals surface area contributed by atoms with Gasteiger partial charge in [0.15, 0.2) is 0 Å². The van der Waals surface area contributed by atoms with Crippen molar-refractivity contribution >= 4 is 17.7 Å². The highest BCUT2D eigenvalue weighted by Gasteiger charge is 2.10. The third-order valence-electron chi connectivity index (χ3n) is 2.99. The molecule has 0 saturated heterocycles. The maximum Gasteiger partial charge on any atom is 0.320 e. The van der Waals surface area contributed by atoms with E-state index in [0.717, 1.165) is 11.3 Å². The van der Waals surface area contributed by atoms with Gasteiger partial charge in [0.2, 0.25) is 0 Å². The summed E-state index contributed by atoms with van der Waals surface area (Å²) in [5.41, 5.74) is 2.11. The monoisotopic (exact) mass is 311 g/mol. The summed E-state index contributed by atoms with van der Waals surface area (Å²) in [7, 11) is 1.36. The van der Waals surface area contributed by atoms with E-state index in [0.29, 0.717) is 5.69 Å². The molecule has 116 valence electrons. The number of esters is 1. The van der Waals surface area contributed by atoms with Crippen LogP contribution in [0, 0.1) is 0 Å². The highest BCUT2D eigenvalue weighted by Crippen LogP contribution is 2.20. The first-order chi connectivity index (χ1) is 11.2. The number of benzene rings is 1. The topological polar surface area (TPSA) is 103 Å². The summed E-state index contributed by atoms with van der Waals surface area (Å²) >= 11 is 0. The summed E-state index contributed by atoms with van der Waals surface area (Å²) in [6, 6.07) is 7.50. The van der Waals surface area contributed by atoms with Gasteiger partial charge in [0.25, 0.3) is 5.89 Å². The molecule has 0 saturated carbocycles. The molecular formula is C15H13N5O3. The molecule has 0 bridgehead atoms. The minimum atomic E-state index is -0.281. The first-order valence-electron chi connectivity index (χ1n) is 6.77. The quantitative estimate of drug-likeness (QED) is 0.713. The Kier molecular flexibility index (Phi) is 4.23. The Morgan fingerprint density at radius 2 is 2.04 bits per heavy atom. The number of carbonyl (C=O) groups is 1. The number of carbonyl (C=O) groups excluding carboxylic acids is 1. The normalized spacial score (nSPS) is 10.3. The van der Waals surface area contributed by atoms with Crippen molar-refractivity contribution in [3.8, 4) is 11.6 Å². The van der Waals surface area contributed by atoms with Crippen molar-refractivity contribution in [3.05, 3.63) is 48.4 Å². The van der Waals surface area contributed by atoms with Crippen molar-refractivity contribution in [2.24, 2.45) is 0 Å². The minimum absolute atomic E-state index is 0.230. The predicted octanol–water partition coefficient (Wildman–Crippen LogP) is 1.99. The number of ether oxygens (including phenoxy) is 1. The summed E-state index contributed by atoms with van der Waals surface area (Å²) < 4.78 is 10.1. The standard InChI is InChI=1S/C15H13N5O3/c1-22-13(21)8-10-2-4-11(5-3-10)18-15-20-19-14(23-15)12-9-16-6-7-17-12/h2-7,9H,8H2,1H3,(H,18,20). The zero-order chi connectivity index (χ0) is 16.1. The van der Waals surface area contributed by atoms with Crippen LogP contribution in [0.25, 0.3) is 11.6 Å². The number of anilines is 2. The number of hydrogen-bond donors (Lipinski definition) is 1. The molecule has 0 unspecified atom stereocenters. The lowest BCUT2D eigenvalue weighted by molar-refractivity contribution is -0.139. The first kappa shape index (κ1) is 14.6. The van der Waals surface area contributed by atoms with Gasteiger partial charge in [0.1, 0.15) is 5.69 Å². The Balaban J connectivity index is 1.68. The molecule has 0 spiro atoms. The van der Waals surface area contributed by atoms with Gasteiger partial charge >= 0.3 is 12.0 Å². The number of hydrogen-bond acceptors (Lipinski definition) is 8. The summed E-state index contributed by atoms with van der Waals surface area (Å²) in [4.78, 5) is 19.2. The van der Waals surface area contributed by atoms with Crippen LogP contribution in [0.2, 0.25) is 0 Å². The zero-order valence-corrected chi connectivity index (χ0v) is 12.3. The molecule has 23 heavy (non-hydrogen) atoms. The maximum absolute atomic E-state index is 11.2. The van der Waals surface area contributed by atoms with Gasteiger partial charge in [-0.15, -0.1) is 5.10 Å². The van der Waals surface area contributed by atoms with Gasteiger partial charge in [-0.1, -0.05) is 17.2 Å². The van der Waals surface area contributed by atoms with Crippen LogP contribution in [-0.2, 0) is 16.0 Å². The first-order valence-corrected chi connectivity index (χ1v) is 6.77. The van der Waals surface area contributed by atoms with E-state index in [1.807, 2.05) is 24.3 Å². The van der Waals surface area contributed by atoms with Gasteiger partial charge in [0, 0.05) is 18.1 Å². The molecule has 2 aromatic heterocycles. The Morgan fingerprint density at radius 1 is 1.22 bits per heavy atom. The fourth-order valence-electron chi connectivity index (χ4n) is 1.86. The van der Waals surface area contributed by atoms with E-state index in [-0.39, 0.29) is 24.3 Å². The SMILES string of the molecule is COC(=O)Cc1ccc(Nc2nnc(-c3cnccn3)o2)cc1. The number of rotatable bonds is 5. The lowest BCUT2D eigenvalue weighted by Crippen LogP contribution is -2.04. The van der Waals surface area contributed by atoms with Crippen LogP contribution in [-0.4, -0.2) is 33.2 Å². The molecular weight excluding hydrogens is 298 g/mol. The number of aromatic nitrogens is 4. The summed E-state index contributed by atoms with van der Waals surface area (Å²) in [5, 5.41) is 10.8. The molecule has 0 fully saturated rings. The summed E-state index contributed by atoms with van der Waals surface area (Å²) in [6.07, 6.45) is 4.88. The molecule has 3 aromatic rings. The fraction of sp³-hybridized carbons (Fsp3) is 0.133. The number of nitrogens with zero attached hydrogens (tertiary/aromatic N) is 4. The van der Waals surface area contributed by atoms with E-state index >= 15 is 0 Å². The summed E-state index contributed by atoms with van der Waals surface area (Å²) in [5.74, 6) is -0.000802. The predicted molar refractivity (Wildman–Crippen MR) is 80.8 cm³/mol. The third-order valence-corrected chi connectivity index (χ3v) is 2.99. The number of methoxy groups -OCH3 is 1. The van der Waals surface area contributed by atoms with Crippen LogP contribution in [0.5, 0.6) is 0 Å². The molecule has 2 heterocycles. The van der Waals surface area contributed by atoms with Gasteiger partial charge < -0.3 is 14.5 Å². The smallest absolute Gasteiger partial charge is 0.320 e. The van der Waals surface area contributed by atoms with Crippen LogP contribution in [0.3, 0.4) is 0 Å². The molecule has 8 nitrogen and oxygen atoms in total. The molecule has 1 N–H and O–H groups in total. The summed E-state index contributed by atoms with van der Waals surface area (Å²) in [6.45, 7) is 0. The Hall–Kier alpha value is -3.29. The molecule has 0 aliphatic heterocycles. The Labute approximate surface area is 131 Å². The van der Waals surface area contributed by atoms with Crippen LogP contribution >= 0.6 is 0 Å². The molecule has 0 radical (unpaired) electrons. The van der Waals surface area contributed by atoms with E-state index in [4.69, 9.17) is 4.42 Å². The molecule has 3 rings (SSSR count). The molecule has 0 amide bonds. The molecule has 0 atom stereocenters. The van der Waals surface area contributed by atoms with Crippen LogP contribution in [0.4, 0.5) is 11.7 Å². The van der Waals surface area contributed by atoms with Crippen molar-refractivity contribution < 1.29 is 13.9 Å². The second kappa shape index (κ2) is 6.65. The zero-order valence-electron chi connectivity index (χ0n) is 12.3. The highest BCUT2D eigenvalue weighted by molar-refractivity contribution is 5.72. The maximum atomic E-state index is 11.2. The van der Waals surface area contributed by atoms with Gasteiger partial charge in [-0.3, -0.25) is 9.78 Å². The Morgan fingerprint density at radius 3 is 2.74 bits per heavy atom. The van der Waals surface area contributed by atoms with Crippen molar-refractivity contribution in [2.75, 3.05) is 12.4 Å². The lowest BCUT2D eigenvalue weighted by atomic mass is 10.1. The van der Waals surface area contributed by atoms with Crippen LogP contribution < -0.4 is 5.32 Å².